The second kappa shape index (κ2) is 12.0. The van der Waals surface area contributed by atoms with Crippen LogP contribution in [0.1, 0.15) is 26.0 Å². The predicted octanol–water partition coefficient (Wildman–Crippen LogP) is 7.19. The third-order valence-corrected chi connectivity index (χ3v) is 6.46. The first-order valence-corrected chi connectivity index (χ1v) is 13.3. The summed E-state index contributed by atoms with van der Waals surface area (Å²) in [6.45, 7) is 7.16. The van der Waals surface area contributed by atoms with Crippen LogP contribution in [0.5, 0.6) is 5.75 Å². The number of alkyl halides is 3. The van der Waals surface area contributed by atoms with Crippen molar-refractivity contribution in [2.75, 3.05) is 18.5 Å². The second-order valence-corrected chi connectivity index (χ2v) is 9.61. The fourth-order valence-corrected chi connectivity index (χ4v) is 4.52. The number of aromatic nitrogens is 3. The molecule has 1 aliphatic heterocycles. The number of nitrogens with one attached hydrogen (secondary N) is 1. The Kier molecular flexibility index (Phi) is 8.21. The molecular formula is C31H30F3N5O2. The van der Waals surface area contributed by atoms with E-state index < -0.39 is 6.36 Å². The Balaban J connectivity index is 1.69. The average molecular weight is 562 g/mol. The lowest BCUT2D eigenvalue weighted by Gasteiger charge is -2.21. The number of pyridine rings is 1. The van der Waals surface area contributed by atoms with Gasteiger partial charge in [-0.3, -0.25) is 9.98 Å². The van der Waals surface area contributed by atoms with E-state index in [2.05, 4.69) is 15.0 Å². The molecule has 212 valence electrons. The van der Waals surface area contributed by atoms with E-state index in [4.69, 9.17) is 14.7 Å². The lowest BCUT2D eigenvalue weighted by molar-refractivity contribution is -0.274. The topological polar surface area (TPSA) is 73.6 Å². The highest BCUT2D eigenvalue weighted by Gasteiger charge is 2.31. The fraction of sp³-hybridized carbons (Fsp3) is 0.258. The zero-order valence-corrected chi connectivity index (χ0v) is 22.9. The molecule has 3 aromatic rings. The van der Waals surface area contributed by atoms with E-state index in [9.17, 15) is 13.2 Å². The number of hydrogen-bond donors (Lipinski definition) is 1. The summed E-state index contributed by atoms with van der Waals surface area (Å²) in [5.74, 6) is -0.290. The van der Waals surface area contributed by atoms with E-state index >= 15 is 0 Å². The molecule has 2 aliphatic rings. The van der Waals surface area contributed by atoms with Crippen LogP contribution in [-0.4, -0.2) is 40.2 Å². The molecule has 0 saturated carbocycles. The number of anilines is 2. The minimum absolute atomic E-state index is 0.0311. The van der Waals surface area contributed by atoms with Crippen LogP contribution in [0.2, 0.25) is 0 Å². The molecule has 0 bridgehead atoms. The van der Waals surface area contributed by atoms with Gasteiger partial charge in [-0.2, -0.15) is 0 Å². The molecule has 7 nitrogen and oxygen atoms in total. The number of fused-ring (bicyclic) bond motifs is 2. The molecule has 2 heterocycles. The highest BCUT2D eigenvalue weighted by molar-refractivity contribution is 5.84. The maximum atomic E-state index is 12.8. The molecule has 0 spiro atoms. The summed E-state index contributed by atoms with van der Waals surface area (Å²) in [7, 11) is 0. The highest BCUT2D eigenvalue weighted by atomic mass is 19.4. The van der Waals surface area contributed by atoms with Crippen LogP contribution in [0.3, 0.4) is 0 Å². The largest absolute Gasteiger partial charge is 0.573 e. The summed E-state index contributed by atoms with van der Waals surface area (Å²) >= 11 is 0. The van der Waals surface area contributed by atoms with Crippen LogP contribution in [0.25, 0.3) is 28.1 Å². The summed E-state index contributed by atoms with van der Waals surface area (Å²) in [5.41, 5.74) is 6.08. The Labute approximate surface area is 235 Å². The Morgan fingerprint density at radius 3 is 2.51 bits per heavy atom. The lowest BCUT2D eigenvalue weighted by Crippen LogP contribution is -2.18. The van der Waals surface area contributed by atoms with Gasteiger partial charge in [-0.1, -0.05) is 12.1 Å². The minimum atomic E-state index is -4.77. The fourth-order valence-electron chi connectivity index (χ4n) is 4.52. The van der Waals surface area contributed by atoms with E-state index in [1.807, 2.05) is 73.9 Å². The number of benzene rings is 3. The van der Waals surface area contributed by atoms with E-state index in [0.29, 0.717) is 30.0 Å². The SMILES string of the molecule is CCOCCC(C)N=c1cc2n(-c3ccc(OC(F)(F)F)cc3)c3ccccc3nc-2cc1Nc1ccc(C)nc1. The number of hydrogen-bond acceptors (Lipinski definition) is 6. The van der Waals surface area contributed by atoms with Crippen molar-refractivity contribution in [3.63, 3.8) is 0 Å². The second-order valence-electron chi connectivity index (χ2n) is 9.61. The molecule has 10 heteroatoms. The molecular weight excluding hydrogens is 531 g/mol. The summed E-state index contributed by atoms with van der Waals surface area (Å²) in [5, 5.41) is 4.15. The summed E-state index contributed by atoms with van der Waals surface area (Å²) in [6.07, 6.45) is -2.26. The van der Waals surface area contributed by atoms with Crippen molar-refractivity contribution in [1.82, 2.24) is 14.5 Å². The van der Waals surface area contributed by atoms with Gasteiger partial charge in [0.05, 0.1) is 51.4 Å². The van der Waals surface area contributed by atoms with Gasteiger partial charge in [0, 0.05) is 24.6 Å². The predicted molar refractivity (Wildman–Crippen MR) is 153 cm³/mol. The Hall–Kier alpha value is -4.44. The average Bonchev–Trinajstić information content (AvgIpc) is 2.93. The third kappa shape index (κ3) is 6.83. The molecule has 2 aromatic carbocycles. The van der Waals surface area contributed by atoms with E-state index in [-0.39, 0.29) is 11.8 Å². The molecule has 41 heavy (non-hydrogen) atoms. The van der Waals surface area contributed by atoms with Crippen LogP contribution in [0, 0.1) is 6.92 Å². The molecule has 0 saturated heterocycles. The third-order valence-electron chi connectivity index (χ3n) is 6.46. The van der Waals surface area contributed by atoms with Crippen molar-refractivity contribution in [3.8, 4) is 22.8 Å². The highest BCUT2D eigenvalue weighted by Crippen LogP contribution is 2.32. The normalized spacial score (nSPS) is 13.1. The minimum Gasteiger partial charge on any atom is -0.406 e. The van der Waals surface area contributed by atoms with E-state index in [1.54, 1.807) is 18.3 Å². The molecule has 0 radical (unpaired) electrons. The van der Waals surface area contributed by atoms with Gasteiger partial charge in [0.2, 0.25) is 0 Å². The molecule has 1 unspecified atom stereocenters. The summed E-state index contributed by atoms with van der Waals surface area (Å²) in [4.78, 5) is 14.3. The molecule has 5 rings (SSSR count). The quantitative estimate of drug-likeness (QED) is 0.152. The van der Waals surface area contributed by atoms with Gasteiger partial charge in [0.25, 0.3) is 0 Å². The van der Waals surface area contributed by atoms with E-state index in [1.165, 1.54) is 12.1 Å². The van der Waals surface area contributed by atoms with Gasteiger partial charge < -0.3 is 19.4 Å². The first kappa shape index (κ1) is 28.1. The zero-order chi connectivity index (χ0) is 29.0. The Morgan fingerprint density at radius 2 is 1.80 bits per heavy atom. The maximum absolute atomic E-state index is 12.8. The number of rotatable bonds is 9. The summed E-state index contributed by atoms with van der Waals surface area (Å²) in [6, 6.07) is 21.2. The number of aryl methyl sites for hydroxylation is 1. The van der Waals surface area contributed by atoms with Crippen LogP contribution in [-0.2, 0) is 4.74 Å². The van der Waals surface area contributed by atoms with Crippen molar-refractivity contribution in [1.29, 1.82) is 0 Å². The molecule has 1 aliphatic carbocycles. The van der Waals surface area contributed by atoms with Crippen molar-refractivity contribution in [3.05, 3.63) is 90.0 Å². The smallest absolute Gasteiger partial charge is 0.406 e. The van der Waals surface area contributed by atoms with Crippen LogP contribution in [0.15, 0.2) is 84.0 Å². The van der Waals surface area contributed by atoms with Gasteiger partial charge >= 0.3 is 6.36 Å². The van der Waals surface area contributed by atoms with Gasteiger partial charge in [-0.25, -0.2) is 4.98 Å². The lowest BCUT2D eigenvalue weighted by atomic mass is 10.1. The molecule has 1 aromatic heterocycles. The van der Waals surface area contributed by atoms with Crippen LogP contribution < -0.4 is 15.4 Å². The van der Waals surface area contributed by atoms with Gasteiger partial charge in [0.15, 0.2) is 0 Å². The summed E-state index contributed by atoms with van der Waals surface area (Å²) < 4.78 is 49.9. The monoisotopic (exact) mass is 561 g/mol. The number of para-hydroxylation sites is 2. The standard InChI is InChI=1S/C31H30F3N5O2/c1-4-40-16-15-21(3)36-27-18-30-28(17-26(27)37-22-10-9-20(2)35-19-22)38-25-7-5-6-8-29(25)39(30)23-11-13-24(14-12-23)41-31(32,33)34/h5-14,17-19,21,37H,4,15-16H2,1-3H3. The van der Waals surface area contributed by atoms with Crippen LogP contribution >= 0.6 is 0 Å². The number of ether oxygens (including phenoxy) is 2. The Bertz CT molecular complexity index is 1670. The molecule has 0 amide bonds. The van der Waals surface area contributed by atoms with Crippen molar-refractivity contribution < 1.29 is 22.6 Å². The van der Waals surface area contributed by atoms with Crippen molar-refractivity contribution in [2.24, 2.45) is 4.99 Å². The van der Waals surface area contributed by atoms with Crippen molar-refractivity contribution in [2.45, 2.75) is 39.6 Å². The van der Waals surface area contributed by atoms with Crippen LogP contribution in [0.4, 0.5) is 24.5 Å². The number of nitrogens with zero attached hydrogens (tertiary/aromatic N) is 4. The Morgan fingerprint density at radius 1 is 1.02 bits per heavy atom. The zero-order valence-electron chi connectivity index (χ0n) is 22.9. The first-order valence-electron chi connectivity index (χ1n) is 13.3. The molecule has 1 N–H and O–H groups in total. The van der Waals surface area contributed by atoms with E-state index in [0.717, 1.165) is 40.2 Å². The molecule has 0 fully saturated rings. The van der Waals surface area contributed by atoms with Gasteiger partial charge in [-0.05, 0) is 87.9 Å². The van der Waals surface area contributed by atoms with Gasteiger partial charge in [0.1, 0.15) is 5.75 Å². The van der Waals surface area contributed by atoms with Crippen molar-refractivity contribution >= 4 is 22.4 Å². The first-order chi connectivity index (χ1) is 19.7. The number of halogens is 3. The maximum Gasteiger partial charge on any atom is 0.573 e. The van der Waals surface area contributed by atoms with Gasteiger partial charge in [-0.15, -0.1) is 13.2 Å². The molecule has 1 atom stereocenters.